The summed E-state index contributed by atoms with van der Waals surface area (Å²) >= 11 is 0. The van der Waals surface area contributed by atoms with Gasteiger partial charge in [-0.25, -0.2) is 0 Å². The molecule has 3 aromatic rings. The van der Waals surface area contributed by atoms with E-state index < -0.39 is 0 Å². The van der Waals surface area contributed by atoms with Gasteiger partial charge in [-0.3, -0.25) is 4.90 Å². The Balaban J connectivity index is 1.37. The van der Waals surface area contributed by atoms with Crippen molar-refractivity contribution in [1.29, 1.82) is 0 Å². The van der Waals surface area contributed by atoms with Crippen molar-refractivity contribution in [3.05, 3.63) is 72.1 Å². The molecular formula is C20H23N5O. The smallest absolute Gasteiger partial charge is 0.170 e. The van der Waals surface area contributed by atoms with Gasteiger partial charge in [-0.2, -0.15) is 4.68 Å². The molecule has 0 saturated carbocycles. The zero-order valence-electron chi connectivity index (χ0n) is 14.6. The van der Waals surface area contributed by atoms with Crippen LogP contribution in [-0.4, -0.2) is 43.3 Å². The largest absolute Gasteiger partial charge is 0.388 e. The van der Waals surface area contributed by atoms with Crippen LogP contribution in [0.5, 0.6) is 0 Å². The Hall–Kier alpha value is -2.57. The van der Waals surface area contributed by atoms with Gasteiger partial charge in [-0.1, -0.05) is 48.5 Å². The summed E-state index contributed by atoms with van der Waals surface area (Å²) in [4.78, 5) is 2.36. The number of rotatable bonds is 5. The van der Waals surface area contributed by atoms with Crippen LogP contribution in [0.2, 0.25) is 0 Å². The summed E-state index contributed by atoms with van der Waals surface area (Å²) in [5.41, 5.74) is 1.99. The molecule has 1 saturated heterocycles. The van der Waals surface area contributed by atoms with Crippen molar-refractivity contribution in [3.63, 3.8) is 0 Å². The molecule has 1 unspecified atom stereocenters. The quantitative estimate of drug-likeness (QED) is 0.767. The van der Waals surface area contributed by atoms with E-state index in [2.05, 4.69) is 20.4 Å². The molecule has 2 aromatic carbocycles. The summed E-state index contributed by atoms with van der Waals surface area (Å²) < 4.78 is 1.80. The highest BCUT2D eigenvalue weighted by atomic mass is 16.3. The van der Waals surface area contributed by atoms with Gasteiger partial charge < -0.3 is 5.11 Å². The van der Waals surface area contributed by atoms with Crippen LogP contribution in [0.25, 0.3) is 5.69 Å². The van der Waals surface area contributed by atoms with Crippen molar-refractivity contribution in [1.82, 2.24) is 25.1 Å². The molecule has 1 atom stereocenters. The zero-order valence-corrected chi connectivity index (χ0v) is 14.6. The first kappa shape index (κ1) is 16.9. The number of benzene rings is 2. The molecular weight excluding hydrogens is 326 g/mol. The third-order valence-corrected chi connectivity index (χ3v) is 5.12. The molecule has 0 radical (unpaired) electrons. The predicted molar refractivity (Wildman–Crippen MR) is 98.6 cm³/mol. The summed E-state index contributed by atoms with van der Waals surface area (Å²) in [6, 6.07) is 19.9. The van der Waals surface area contributed by atoms with E-state index in [9.17, 15) is 5.11 Å². The lowest BCUT2D eigenvalue weighted by Crippen LogP contribution is -2.36. The van der Waals surface area contributed by atoms with Gasteiger partial charge in [0.05, 0.1) is 18.3 Å². The van der Waals surface area contributed by atoms with Gasteiger partial charge in [-0.15, -0.1) is 5.10 Å². The van der Waals surface area contributed by atoms with Crippen LogP contribution in [-0.2, 0) is 6.54 Å². The summed E-state index contributed by atoms with van der Waals surface area (Å²) in [6.07, 6.45) is 1.57. The lowest BCUT2D eigenvalue weighted by atomic mass is 9.87. The number of para-hydroxylation sites is 1. The molecule has 1 aliphatic heterocycles. The van der Waals surface area contributed by atoms with E-state index in [1.807, 2.05) is 60.7 Å². The third-order valence-electron chi connectivity index (χ3n) is 5.12. The molecule has 1 aromatic heterocycles. The van der Waals surface area contributed by atoms with Crippen molar-refractivity contribution in [2.75, 3.05) is 13.1 Å². The average molecular weight is 349 g/mol. The predicted octanol–water partition coefficient (Wildman–Crippen LogP) is 2.61. The van der Waals surface area contributed by atoms with Crippen LogP contribution < -0.4 is 0 Å². The summed E-state index contributed by atoms with van der Waals surface area (Å²) in [5.74, 6) is 1.15. The van der Waals surface area contributed by atoms with Crippen molar-refractivity contribution in [2.24, 2.45) is 5.92 Å². The second kappa shape index (κ2) is 7.76. The molecule has 26 heavy (non-hydrogen) atoms. The Morgan fingerprint density at radius 3 is 2.31 bits per heavy atom. The van der Waals surface area contributed by atoms with Gasteiger partial charge in [0.25, 0.3) is 0 Å². The van der Waals surface area contributed by atoms with Crippen LogP contribution in [0.3, 0.4) is 0 Å². The minimum atomic E-state index is -0.381. The Bertz CT molecular complexity index is 812. The van der Waals surface area contributed by atoms with Crippen LogP contribution >= 0.6 is 0 Å². The Morgan fingerprint density at radius 1 is 0.962 bits per heavy atom. The van der Waals surface area contributed by atoms with Crippen LogP contribution in [0, 0.1) is 5.92 Å². The Kier molecular flexibility index (Phi) is 5.04. The number of nitrogens with zero attached hydrogens (tertiary/aromatic N) is 5. The first-order chi connectivity index (χ1) is 12.8. The lowest BCUT2D eigenvalue weighted by molar-refractivity contribution is 0.0558. The van der Waals surface area contributed by atoms with E-state index in [0.717, 1.165) is 49.6 Å². The number of tetrazole rings is 1. The average Bonchev–Trinajstić information content (AvgIpc) is 3.17. The maximum Gasteiger partial charge on any atom is 0.170 e. The first-order valence-electron chi connectivity index (χ1n) is 9.09. The second-order valence-electron chi connectivity index (χ2n) is 6.81. The Morgan fingerprint density at radius 2 is 1.62 bits per heavy atom. The molecule has 1 aliphatic rings. The SMILES string of the molecule is OC(c1ccccc1)C1CCN(Cc2nnnn2-c2ccccc2)CC1. The molecule has 6 heteroatoms. The maximum absolute atomic E-state index is 10.6. The maximum atomic E-state index is 10.6. The van der Waals surface area contributed by atoms with Crippen LogP contribution in [0.15, 0.2) is 60.7 Å². The van der Waals surface area contributed by atoms with Crippen LogP contribution in [0.4, 0.5) is 0 Å². The molecule has 0 amide bonds. The number of hydrogen-bond donors (Lipinski definition) is 1. The fourth-order valence-corrected chi connectivity index (χ4v) is 3.62. The number of hydrogen-bond acceptors (Lipinski definition) is 5. The summed E-state index contributed by atoms with van der Waals surface area (Å²) in [7, 11) is 0. The van der Waals surface area contributed by atoms with E-state index in [4.69, 9.17) is 0 Å². The van der Waals surface area contributed by atoms with Crippen molar-refractivity contribution in [3.8, 4) is 5.69 Å². The molecule has 1 fully saturated rings. The van der Waals surface area contributed by atoms with E-state index in [1.54, 1.807) is 4.68 Å². The first-order valence-corrected chi connectivity index (χ1v) is 9.09. The number of aliphatic hydroxyl groups is 1. The van der Waals surface area contributed by atoms with Gasteiger partial charge in [0.15, 0.2) is 5.82 Å². The van der Waals surface area contributed by atoms with E-state index in [1.165, 1.54) is 0 Å². The summed E-state index contributed by atoms with van der Waals surface area (Å²) in [6.45, 7) is 2.60. The molecule has 0 aliphatic carbocycles. The minimum Gasteiger partial charge on any atom is -0.388 e. The van der Waals surface area contributed by atoms with Crippen molar-refractivity contribution >= 4 is 0 Å². The molecule has 2 heterocycles. The topological polar surface area (TPSA) is 67.1 Å². The highest BCUT2D eigenvalue weighted by Crippen LogP contribution is 2.30. The standard InChI is InChI=1S/C20H23N5O/c26-20(16-7-3-1-4-8-16)17-11-13-24(14-12-17)15-19-21-22-23-25(19)18-9-5-2-6-10-18/h1-10,17,20,26H,11-15H2. The van der Waals surface area contributed by atoms with Crippen molar-refractivity contribution in [2.45, 2.75) is 25.5 Å². The number of aliphatic hydroxyl groups excluding tert-OH is 1. The third kappa shape index (κ3) is 3.66. The zero-order chi connectivity index (χ0) is 17.8. The number of likely N-dealkylation sites (tertiary alicyclic amines) is 1. The summed E-state index contributed by atoms with van der Waals surface area (Å²) in [5, 5.41) is 22.8. The van der Waals surface area contributed by atoms with E-state index >= 15 is 0 Å². The van der Waals surface area contributed by atoms with Gasteiger partial charge in [0.1, 0.15) is 0 Å². The monoisotopic (exact) mass is 349 g/mol. The normalized spacial score (nSPS) is 17.3. The van der Waals surface area contributed by atoms with Gasteiger partial charge in [-0.05, 0) is 60.0 Å². The molecule has 6 nitrogen and oxygen atoms in total. The highest BCUT2D eigenvalue weighted by Gasteiger charge is 2.27. The number of aromatic nitrogens is 4. The second-order valence-corrected chi connectivity index (χ2v) is 6.81. The van der Waals surface area contributed by atoms with Crippen LogP contribution in [0.1, 0.15) is 30.3 Å². The van der Waals surface area contributed by atoms with E-state index in [-0.39, 0.29) is 6.10 Å². The van der Waals surface area contributed by atoms with Gasteiger partial charge in [0, 0.05) is 0 Å². The van der Waals surface area contributed by atoms with Gasteiger partial charge in [0.2, 0.25) is 0 Å². The lowest BCUT2D eigenvalue weighted by Gasteiger charge is -2.34. The fourth-order valence-electron chi connectivity index (χ4n) is 3.62. The van der Waals surface area contributed by atoms with Crippen molar-refractivity contribution < 1.29 is 5.11 Å². The minimum absolute atomic E-state index is 0.304. The highest BCUT2D eigenvalue weighted by molar-refractivity contribution is 5.30. The fraction of sp³-hybridized carbons (Fsp3) is 0.350. The molecule has 1 N–H and O–H groups in total. The van der Waals surface area contributed by atoms with Gasteiger partial charge >= 0.3 is 0 Å². The Labute approximate surface area is 153 Å². The number of piperidine rings is 1. The molecule has 134 valence electrons. The molecule has 0 spiro atoms. The molecule has 4 rings (SSSR count). The molecule has 0 bridgehead atoms. The van der Waals surface area contributed by atoms with E-state index in [0.29, 0.717) is 5.92 Å².